The molecule has 19 heavy (non-hydrogen) atoms. The summed E-state index contributed by atoms with van der Waals surface area (Å²) in [5.74, 6) is 0.964. The summed E-state index contributed by atoms with van der Waals surface area (Å²) in [6, 6.07) is 9.80. The largest absolute Gasteiger partial charge is 0.329 e. The van der Waals surface area contributed by atoms with Crippen molar-refractivity contribution in [2.24, 2.45) is 11.7 Å². The van der Waals surface area contributed by atoms with Gasteiger partial charge in [0.05, 0.1) is 0 Å². The molecule has 0 spiro atoms. The second kappa shape index (κ2) is 4.32. The van der Waals surface area contributed by atoms with Gasteiger partial charge in [0.2, 0.25) is 0 Å². The molecule has 2 nitrogen and oxygen atoms in total. The second-order valence-electron chi connectivity index (χ2n) is 6.86. The summed E-state index contributed by atoms with van der Waals surface area (Å²) in [5.41, 5.74) is 9.62. The topological polar surface area (TPSA) is 29.3 Å². The highest BCUT2D eigenvalue weighted by molar-refractivity contribution is 5.33. The Labute approximate surface area is 116 Å². The van der Waals surface area contributed by atoms with E-state index in [1.165, 1.54) is 45.1 Å². The molecule has 2 bridgehead atoms. The summed E-state index contributed by atoms with van der Waals surface area (Å²) < 4.78 is 0. The summed E-state index contributed by atoms with van der Waals surface area (Å²) in [5, 5.41) is 0. The Balaban J connectivity index is 1.65. The Morgan fingerprint density at radius 2 is 2.05 bits per heavy atom. The fourth-order valence-electron chi connectivity index (χ4n) is 4.83. The summed E-state index contributed by atoms with van der Waals surface area (Å²) >= 11 is 0. The van der Waals surface area contributed by atoms with Crippen molar-refractivity contribution in [1.29, 1.82) is 0 Å². The minimum Gasteiger partial charge on any atom is -0.329 e. The van der Waals surface area contributed by atoms with E-state index in [4.69, 9.17) is 5.73 Å². The molecule has 3 aliphatic rings. The maximum atomic E-state index is 6.27. The minimum absolute atomic E-state index is 0.258. The maximum Gasteiger partial charge on any atom is 0.0378 e. The molecule has 1 saturated heterocycles. The fourth-order valence-corrected chi connectivity index (χ4v) is 4.83. The van der Waals surface area contributed by atoms with Crippen molar-refractivity contribution in [2.75, 3.05) is 13.1 Å². The zero-order valence-corrected chi connectivity index (χ0v) is 11.6. The molecule has 2 aliphatic carbocycles. The van der Waals surface area contributed by atoms with Gasteiger partial charge in [-0.3, -0.25) is 4.90 Å². The number of hydrogen-bond acceptors (Lipinski definition) is 2. The highest BCUT2D eigenvalue weighted by Crippen LogP contribution is 2.44. The van der Waals surface area contributed by atoms with Crippen LogP contribution in [0.2, 0.25) is 0 Å². The molecule has 0 radical (unpaired) electrons. The standard InChI is InChI=1S/C17H24N2/c18-12-17(19-11-13-5-6-16(19)9-13)8-7-14-3-1-2-4-15(14)10-17/h1-4,13,16H,5-12,18H2. The number of nitrogens with zero attached hydrogens (tertiary/aromatic N) is 1. The van der Waals surface area contributed by atoms with Crippen LogP contribution in [0.3, 0.4) is 0 Å². The zero-order chi connectivity index (χ0) is 12.9. The Bertz CT molecular complexity index is 484. The highest BCUT2D eigenvalue weighted by atomic mass is 15.3. The quantitative estimate of drug-likeness (QED) is 0.880. The maximum absolute atomic E-state index is 6.27. The molecule has 1 aliphatic heterocycles. The van der Waals surface area contributed by atoms with E-state index in [2.05, 4.69) is 29.2 Å². The van der Waals surface area contributed by atoms with Crippen LogP contribution >= 0.6 is 0 Å². The van der Waals surface area contributed by atoms with Crippen molar-refractivity contribution in [3.05, 3.63) is 35.4 Å². The van der Waals surface area contributed by atoms with Gasteiger partial charge in [-0.25, -0.2) is 0 Å². The highest BCUT2D eigenvalue weighted by Gasteiger charge is 2.48. The van der Waals surface area contributed by atoms with Gasteiger partial charge in [-0.05, 0) is 55.6 Å². The van der Waals surface area contributed by atoms with E-state index in [0.29, 0.717) is 0 Å². The predicted octanol–water partition coefficient (Wildman–Crippen LogP) is 2.36. The Kier molecular flexibility index (Phi) is 2.71. The van der Waals surface area contributed by atoms with Crippen molar-refractivity contribution >= 4 is 0 Å². The molecular weight excluding hydrogens is 232 g/mol. The molecule has 2 heteroatoms. The van der Waals surface area contributed by atoms with E-state index in [1.807, 2.05) is 0 Å². The third-order valence-corrected chi connectivity index (χ3v) is 5.90. The van der Waals surface area contributed by atoms with Crippen molar-refractivity contribution in [3.8, 4) is 0 Å². The number of hydrogen-bond donors (Lipinski definition) is 1. The lowest BCUT2D eigenvalue weighted by atomic mass is 9.76. The first-order valence-electron chi connectivity index (χ1n) is 7.84. The summed E-state index contributed by atoms with van der Waals surface area (Å²) in [7, 11) is 0. The van der Waals surface area contributed by atoms with Gasteiger partial charge in [-0.2, -0.15) is 0 Å². The first-order valence-corrected chi connectivity index (χ1v) is 7.84. The number of rotatable bonds is 2. The molecule has 0 aromatic heterocycles. The van der Waals surface area contributed by atoms with Crippen LogP contribution in [0.4, 0.5) is 0 Å². The van der Waals surface area contributed by atoms with Crippen LogP contribution in [0.25, 0.3) is 0 Å². The first kappa shape index (κ1) is 11.9. The fraction of sp³-hybridized carbons (Fsp3) is 0.647. The normalized spacial score (nSPS) is 37.5. The Morgan fingerprint density at radius 1 is 1.21 bits per heavy atom. The van der Waals surface area contributed by atoms with E-state index in [-0.39, 0.29) is 5.54 Å². The van der Waals surface area contributed by atoms with Gasteiger partial charge >= 0.3 is 0 Å². The van der Waals surface area contributed by atoms with Gasteiger partial charge in [0.15, 0.2) is 0 Å². The molecule has 2 fully saturated rings. The molecule has 1 saturated carbocycles. The molecule has 2 N–H and O–H groups in total. The molecule has 1 heterocycles. The number of benzene rings is 1. The minimum atomic E-state index is 0.258. The Hall–Kier alpha value is -0.860. The van der Waals surface area contributed by atoms with E-state index < -0.39 is 0 Å². The number of aryl methyl sites for hydroxylation is 1. The number of nitrogens with two attached hydrogens (primary N) is 1. The van der Waals surface area contributed by atoms with Crippen LogP contribution in [-0.4, -0.2) is 29.6 Å². The molecule has 4 rings (SSSR count). The first-order chi connectivity index (χ1) is 9.31. The SMILES string of the molecule is NCC1(N2CC3CCC2C3)CCc2ccccc2C1. The third-order valence-electron chi connectivity index (χ3n) is 5.90. The monoisotopic (exact) mass is 256 g/mol. The average Bonchev–Trinajstić information content (AvgIpc) is 3.09. The molecule has 1 aromatic carbocycles. The lowest BCUT2D eigenvalue weighted by Crippen LogP contribution is -2.59. The van der Waals surface area contributed by atoms with Crippen molar-refractivity contribution in [3.63, 3.8) is 0 Å². The van der Waals surface area contributed by atoms with Gasteiger partial charge in [0.1, 0.15) is 0 Å². The van der Waals surface area contributed by atoms with Crippen LogP contribution in [0, 0.1) is 5.92 Å². The second-order valence-corrected chi connectivity index (χ2v) is 6.86. The van der Waals surface area contributed by atoms with E-state index in [0.717, 1.165) is 18.5 Å². The summed E-state index contributed by atoms with van der Waals surface area (Å²) in [4.78, 5) is 2.80. The molecule has 102 valence electrons. The summed E-state index contributed by atoms with van der Waals surface area (Å²) in [6.45, 7) is 2.13. The number of likely N-dealkylation sites (tertiary alicyclic amines) is 1. The van der Waals surface area contributed by atoms with Gasteiger partial charge in [0, 0.05) is 24.7 Å². The van der Waals surface area contributed by atoms with Gasteiger partial charge in [-0.15, -0.1) is 0 Å². The van der Waals surface area contributed by atoms with Crippen molar-refractivity contribution < 1.29 is 0 Å². The Morgan fingerprint density at radius 3 is 2.74 bits per heavy atom. The molecule has 3 unspecified atom stereocenters. The molecular formula is C17H24N2. The lowest BCUT2D eigenvalue weighted by molar-refractivity contribution is 0.0485. The van der Waals surface area contributed by atoms with Gasteiger partial charge in [0.25, 0.3) is 0 Å². The summed E-state index contributed by atoms with van der Waals surface area (Å²) in [6.07, 6.45) is 7.93. The number of fused-ring (bicyclic) bond motifs is 3. The van der Waals surface area contributed by atoms with Crippen molar-refractivity contribution in [1.82, 2.24) is 4.90 Å². The van der Waals surface area contributed by atoms with Crippen LogP contribution in [0.15, 0.2) is 24.3 Å². The van der Waals surface area contributed by atoms with Crippen LogP contribution in [0.5, 0.6) is 0 Å². The van der Waals surface area contributed by atoms with Crippen LogP contribution in [-0.2, 0) is 12.8 Å². The van der Waals surface area contributed by atoms with Crippen LogP contribution in [0.1, 0.15) is 36.8 Å². The van der Waals surface area contributed by atoms with Gasteiger partial charge in [-0.1, -0.05) is 24.3 Å². The van der Waals surface area contributed by atoms with E-state index in [1.54, 1.807) is 11.1 Å². The van der Waals surface area contributed by atoms with E-state index >= 15 is 0 Å². The predicted molar refractivity (Wildman–Crippen MR) is 78.1 cm³/mol. The third kappa shape index (κ3) is 1.77. The lowest BCUT2D eigenvalue weighted by Gasteiger charge is -2.48. The smallest absolute Gasteiger partial charge is 0.0378 e. The molecule has 0 amide bonds. The van der Waals surface area contributed by atoms with Crippen molar-refractivity contribution in [2.45, 2.75) is 50.1 Å². The average molecular weight is 256 g/mol. The van der Waals surface area contributed by atoms with E-state index in [9.17, 15) is 0 Å². The number of piperidine rings is 1. The zero-order valence-electron chi connectivity index (χ0n) is 11.6. The molecule has 3 atom stereocenters. The van der Waals surface area contributed by atoms with Gasteiger partial charge < -0.3 is 5.73 Å². The van der Waals surface area contributed by atoms with Crippen LogP contribution < -0.4 is 5.73 Å². The molecule has 1 aromatic rings.